The molecule has 1 unspecified atom stereocenters. The Morgan fingerprint density at radius 3 is 2.50 bits per heavy atom. The monoisotopic (exact) mass is 457 g/mol. The second-order valence-electron chi connectivity index (χ2n) is 8.78. The van der Waals surface area contributed by atoms with E-state index in [0.29, 0.717) is 5.56 Å². The first-order valence-electron chi connectivity index (χ1n) is 12.0. The lowest BCUT2D eigenvalue weighted by Gasteiger charge is -2.40. The van der Waals surface area contributed by atoms with Gasteiger partial charge in [0.05, 0.1) is 19.0 Å². The number of carbonyl (C=O) groups excluding carboxylic acids is 1. The third-order valence-electron chi connectivity index (χ3n) is 6.68. The van der Waals surface area contributed by atoms with Crippen LogP contribution >= 0.6 is 0 Å². The number of nitrogens with one attached hydrogen (secondary N) is 1. The van der Waals surface area contributed by atoms with Gasteiger partial charge in [-0.2, -0.15) is 0 Å². The zero-order valence-electron chi connectivity index (χ0n) is 19.8. The van der Waals surface area contributed by atoms with Crippen molar-refractivity contribution in [3.8, 4) is 5.75 Å². The minimum Gasteiger partial charge on any atom is -0.495 e. The molecule has 1 N–H and O–H groups in total. The SMILES string of the molecule is CCCC(NC(=O)c1ccc2oc3ccccc3c2c1)N1CCN(c2ccccc2OC)CC1. The summed E-state index contributed by atoms with van der Waals surface area (Å²) in [6.07, 6.45) is 1.93. The Bertz CT molecular complexity index is 1290. The molecule has 1 aromatic heterocycles. The van der Waals surface area contributed by atoms with Crippen molar-refractivity contribution in [2.45, 2.75) is 25.9 Å². The first kappa shape index (κ1) is 22.3. The number of hydrogen-bond acceptors (Lipinski definition) is 5. The van der Waals surface area contributed by atoms with Gasteiger partial charge in [0.15, 0.2) is 0 Å². The van der Waals surface area contributed by atoms with Crippen LogP contribution in [0, 0.1) is 0 Å². The highest BCUT2D eigenvalue weighted by Gasteiger charge is 2.26. The lowest BCUT2D eigenvalue weighted by molar-refractivity contribution is 0.0824. The molecule has 1 saturated heterocycles. The number of fused-ring (bicyclic) bond motifs is 3. The van der Waals surface area contributed by atoms with Gasteiger partial charge in [-0.15, -0.1) is 0 Å². The highest BCUT2D eigenvalue weighted by molar-refractivity contribution is 6.08. The lowest BCUT2D eigenvalue weighted by Crippen LogP contribution is -2.56. The summed E-state index contributed by atoms with van der Waals surface area (Å²) in [6, 6.07) is 21.8. The van der Waals surface area contributed by atoms with E-state index in [-0.39, 0.29) is 12.1 Å². The fourth-order valence-electron chi connectivity index (χ4n) is 4.89. The maximum Gasteiger partial charge on any atom is 0.252 e. The van der Waals surface area contributed by atoms with Crippen molar-refractivity contribution >= 4 is 33.5 Å². The van der Waals surface area contributed by atoms with Crippen molar-refractivity contribution in [1.29, 1.82) is 0 Å². The number of benzene rings is 3. The Morgan fingerprint density at radius 2 is 1.71 bits per heavy atom. The van der Waals surface area contributed by atoms with Crippen LogP contribution in [0.4, 0.5) is 5.69 Å². The molecule has 5 rings (SSSR count). The van der Waals surface area contributed by atoms with Gasteiger partial charge in [-0.3, -0.25) is 9.69 Å². The van der Waals surface area contributed by atoms with Gasteiger partial charge in [-0.05, 0) is 42.8 Å². The van der Waals surface area contributed by atoms with E-state index in [2.05, 4.69) is 28.1 Å². The van der Waals surface area contributed by atoms with E-state index in [0.717, 1.165) is 72.4 Å². The number of nitrogens with zero attached hydrogens (tertiary/aromatic N) is 2. The van der Waals surface area contributed by atoms with Gasteiger partial charge in [0, 0.05) is 42.5 Å². The molecule has 0 radical (unpaired) electrons. The Morgan fingerprint density at radius 1 is 0.971 bits per heavy atom. The number of piperazine rings is 1. The van der Waals surface area contributed by atoms with E-state index in [4.69, 9.17) is 9.15 Å². The van der Waals surface area contributed by atoms with Gasteiger partial charge in [-0.1, -0.05) is 43.7 Å². The molecule has 176 valence electrons. The number of methoxy groups -OCH3 is 1. The molecular formula is C28H31N3O3. The summed E-state index contributed by atoms with van der Waals surface area (Å²) in [4.78, 5) is 18.0. The minimum absolute atomic E-state index is 0.00843. The fourth-order valence-corrected chi connectivity index (χ4v) is 4.89. The number of amides is 1. The highest BCUT2D eigenvalue weighted by Crippen LogP contribution is 2.30. The molecule has 1 fully saturated rings. The number of ether oxygens (including phenoxy) is 1. The Labute approximate surface area is 200 Å². The Balaban J connectivity index is 1.29. The summed E-state index contributed by atoms with van der Waals surface area (Å²) in [6.45, 7) is 5.71. The normalized spacial score (nSPS) is 15.5. The van der Waals surface area contributed by atoms with Crippen LogP contribution in [0.2, 0.25) is 0 Å². The van der Waals surface area contributed by atoms with Crippen LogP contribution in [0.3, 0.4) is 0 Å². The van der Waals surface area contributed by atoms with Crippen molar-refractivity contribution < 1.29 is 13.9 Å². The summed E-state index contributed by atoms with van der Waals surface area (Å²) in [5, 5.41) is 5.30. The van der Waals surface area contributed by atoms with Crippen molar-refractivity contribution in [2.24, 2.45) is 0 Å². The second kappa shape index (κ2) is 9.77. The van der Waals surface area contributed by atoms with Crippen molar-refractivity contribution in [3.05, 3.63) is 72.3 Å². The van der Waals surface area contributed by atoms with Crippen LogP contribution < -0.4 is 15.0 Å². The molecule has 1 aliphatic rings. The van der Waals surface area contributed by atoms with E-state index in [1.807, 2.05) is 60.7 Å². The maximum absolute atomic E-state index is 13.2. The first-order valence-corrected chi connectivity index (χ1v) is 12.0. The summed E-state index contributed by atoms with van der Waals surface area (Å²) >= 11 is 0. The van der Waals surface area contributed by atoms with Crippen LogP contribution in [-0.4, -0.2) is 50.3 Å². The van der Waals surface area contributed by atoms with Crippen LogP contribution in [0.15, 0.2) is 71.1 Å². The molecular weight excluding hydrogens is 426 g/mol. The third-order valence-corrected chi connectivity index (χ3v) is 6.68. The summed E-state index contributed by atoms with van der Waals surface area (Å²) in [7, 11) is 1.71. The van der Waals surface area contributed by atoms with Crippen LogP contribution in [0.5, 0.6) is 5.75 Å². The van der Waals surface area contributed by atoms with Crippen LogP contribution in [0.25, 0.3) is 21.9 Å². The van der Waals surface area contributed by atoms with Gasteiger partial charge in [0.2, 0.25) is 0 Å². The lowest BCUT2D eigenvalue weighted by atomic mass is 10.1. The summed E-state index contributed by atoms with van der Waals surface area (Å²) < 4.78 is 11.5. The molecule has 3 aromatic carbocycles. The standard InChI is InChI=1S/C28H31N3O3/c1-3-8-27(31-17-15-30(16-18-31)23-10-5-7-12-26(23)33-2)29-28(32)20-13-14-25-22(19-20)21-9-4-6-11-24(21)34-25/h4-7,9-14,19,27H,3,8,15-18H2,1-2H3,(H,29,32). The van der Waals surface area contributed by atoms with Gasteiger partial charge in [0.25, 0.3) is 5.91 Å². The van der Waals surface area contributed by atoms with Gasteiger partial charge in [-0.25, -0.2) is 0 Å². The molecule has 1 amide bonds. The largest absolute Gasteiger partial charge is 0.495 e. The van der Waals surface area contributed by atoms with E-state index in [1.54, 1.807) is 7.11 Å². The number of hydrogen-bond donors (Lipinski definition) is 1. The molecule has 4 aromatic rings. The smallest absolute Gasteiger partial charge is 0.252 e. The van der Waals surface area contributed by atoms with E-state index < -0.39 is 0 Å². The van der Waals surface area contributed by atoms with Crippen molar-refractivity contribution in [2.75, 3.05) is 38.2 Å². The van der Waals surface area contributed by atoms with Crippen molar-refractivity contribution in [1.82, 2.24) is 10.2 Å². The molecule has 6 heteroatoms. The third kappa shape index (κ3) is 4.33. The molecule has 1 atom stereocenters. The zero-order valence-corrected chi connectivity index (χ0v) is 19.8. The van der Waals surface area contributed by atoms with E-state index >= 15 is 0 Å². The Kier molecular flexibility index (Phi) is 6.41. The molecule has 34 heavy (non-hydrogen) atoms. The number of anilines is 1. The van der Waals surface area contributed by atoms with E-state index in [9.17, 15) is 4.79 Å². The zero-order chi connectivity index (χ0) is 23.5. The molecule has 2 heterocycles. The molecule has 0 saturated carbocycles. The predicted molar refractivity (Wildman–Crippen MR) is 137 cm³/mol. The second-order valence-corrected chi connectivity index (χ2v) is 8.78. The average Bonchev–Trinajstić information content (AvgIpc) is 3.26. The van der Waals surface area contributed by atoms with Crippen LogP contribution in [0.1, 0.15) is 30.1 Å². The Hall–Kier alpha value is -3.51. The number of carbonyl (C=O) groups is 1. The first-order chi connectivity index (χ1) is 16.7. The number of furan rings is 1. The predicted octanol–water partition coefficient (Wildman–Crippen LogP) is 5.27. The number of para-hydroxylation sites is 3. The molecule has 0 aliphatic carbocycles. The average molecular weight is 458 g/mol. The fraction of sp³-hybridized carbons (Fsp3) is 0.321. The molecule has 0 bridgehead atoms. The van der Waals surface area contributed by atoms with E-state index in [1.165, 1.54) is 0 Å². The molecule has 1 aliphatic heterocycles. The molecule has 0 spiro atoms. The highest BCUT2D eigenvalue weighted by atomic mass is 16.5. The summed E-state index contributed by atoms with van der Waals surface area (Å²) in [5.41, 5.74) is 3.43. The quantitative estimate of drug-likeness (QED) is 0.410. The van der Waals surface area contributed by atoms with Gasteiger partial charge in [0.1, 0.15) is 16.9 Å². The van der Waals surface area contributed by atoms with Gasteiger partial charge >= 0.3 is 0 Å². The minimum atomic E-state index is -0.0437. The number of rotatable bonds is 7. The van der Waals surface area contributed by atoms with Gasteiger partial charge < -0.3 is 19.4 Å². The van der Waals surface area contributed by atoms with Crippen molar-refractivity contribution in [3.63, 3.8) is 0 Å². The summed E-state index contributed by atoms with van der Waals surface area (Å²) in [5.74, 6) is 0.856. The van der Waals surface area contributed by atoms with Crippen LogP contribution in [-0.2, 0) is 0 Å². The molecule has 6 nitrogen and oxygen atoms in total. The maximum atomic E-state index is 13.2. The topological polar surface area (TPSA) is 58.0 Å².